The monoisotopic (exact) mass is 287 g/mol. The average Bonchev–Trinajstić information content (AvgIpc) is 2.23. The second-order valence-corrected chi connectivity index (χ2v) is 3.64. The number of rotatable bonds is 3. The third-order valence-electron chi connectivity index (χ3n) is 1.68. The molecule has 0 bridgehead atoms. The number of urea groups is 1. The number of benzene rings is 1. The minimum absolute atomic E-state index is 0.00387. The number of primary amides is 1. The van der Waals surface area contributed by atoms with Crippen LogP contribution in [0.4, 0.5) is 4.79 Å². The number of phenols is 1. The summed E-state index contributed by atoms with van der Waals surface area (Å²) in [5.41, 5.74) is 7.23. The molecule has 0 spiro atoms. The van der Waals surface area contributed by atoms with Crippen molar-refractivity contribution < 1.29 is 14.6 Å². The first-order valence-corrected chi connectivity index (χ1v) is 4.99. The summed E-state index contributed by atoms with van der Waals surface area (Å²) in [5.74, 6) is 0.543. The highest BCUT2D eigenvalue weighted by Gasteiger charge is 2.06. The van der Waals surface area contributed by atoms with Gasteiger partial charge in [0.1, 0.15) is 11.5 Å². The zero-order chi connectivity index (χ0) is 12.1. The van der Waals surface area contributed by atoms with Gasteiger partial charge in [-0.1, -0.05) is 0 Å². The largest absolute Gasteiger partial charge is 0.506 e. The Bertz CT molecular complexity index is 434. The second-order valence-electron chi connectivity index (χ2n) is 2.78. The molecule has 2 amide bonds. The van der Waals surface area contributed by atoms with Crippen LogP contribution in [0.2, 0.25) is 0 Å². The van der Waals surface area contributed by atoms with E-state index in [0.717, 1.165) is 0 Å². The van der Waals surface area contributed by atoms with Crippen LogP contribution in [0.5, 0.6) is 11.5 Å². The van der Waals surface area contributed by atoms with Gasteiger partial charge in [-0.3, -0.25) is 0 Å². The van der Waals surface area contributed by atoms with Gasteiger partial charge in [-0.05, 0) is 28.1 Å². The van der Waals surface area contributed by atoms with Gasteiger partial charge in [-0.2, -0.15) is 5.10 Å². The number of nitrogens with zero attached hydrogens (tertiary/aromatic N) is 1. The summed E-state index contributed by atoms with van der Waals surface area (Å²) in [6.45, 7) is 0. The lowest BCUT2D eigenvalue weighted by Crippen LogP contribution is -2.24. The number of nitrogens with one attached hydrogen (secondary N) is 1. The van der Waals surface area contributed by atoms with E-state index in [1.165, 1.54) is 13.3 Å². The molecule has 0 aromatic heterocycles. The van der Waals surface area contributed by atoms with E-state index in [9.17, 15) is 9.90 Å². The highest BCUT2D eigenvalue weighted by molar-refractivity contribution is 9.10. The van der Waals surface area contributed by atoms with Crippen molar-refractivity contribution in [3.63, 3.8) is 0 Å². The Morgan fingerprint density at radius 3 is 2.94 bits per heavy atom. The molecule has 1 aromatic rings. The molecule has 0 fully saturated rings. The summed E-state index contributed by atoms with van der Waals surface area (Å²) in [6, 6.07) is 2.39. The minimum atomic E-state index is -0.780. The molecule has 4 N–H and O–H groups in total. The van der Waals surface area contributed by atoms with Gasteiger partial charge in [0.15, 0.2) is 0 Å². The highest BCUT2D eigenvalue weighted by atomic mass is 79.9. The van der Waals surface area contributed by atoms with Crippen LogP contribution in [-0.4, -0.2) is 24.5 Å². The van der Waals surface area contributed by atoms with Crippen molar-refractivity contribution in [2.75, 3.05) is 7.11 Å². The molecule has 0 atom stereocenters. The Labute approximate surface area is 100 Å². The first-order chi connectivity index (χ1) is 7.54. The molecular weight excluding hydrogens is 278 g/mol. The van der Waals surface area contributed by atoms with Crippen LogP contribution >= 0.6 is 15.9 Å². The van der Waals surface area contributed by atoms with Gasteiger partial charge in [0.25, 0.3) is 0 Å². The maximum absolute atomic E-state index is 10.4. The first-order valence-electron chi connectivity index (χ1n) is 4.19. The van der Waals surface area contributed by atoms with E-state index in [4.69, 9.17) is 10.5 Å². The molecule has 0 heterocycles. The molecule has 7 heteroatoms. The van der Waals surface area contributed by atoms with E-state index in [1.807, 2.05) is 5.43 Å². The van der Waals surface area contributed by atoms with E-state index < -0.39 is 6.03 Å². The molecule has 0 saturated heterocycles. The van der Waals surface area contributed by atoms with Gasteiger partial charge < -0.3 is 15.6 Å². The summed E-state index contributed by atoms with van der Waals surface area (Å²) in [5, 5.41) is 13.2. The third-order valence-corrected chi connectivity index (χ3v) is 2.28. The van der Waals surface area contributed by atoms with Gasteiger partial charge in [0, 0.05) is 5.56 Å². The topological polar surface area (TPSA) is 96.9 Å². The molecule has 1 rings (SSSR count). The molecule has 86 valence electrons. The second kappa shape index (κ2) is 5.36. The predicted octanol–water partition coefficient (Wildman–Crippen LogP) is 1.17. The molecule has 0 unspecified atom stereocenters. The zero-order valence-electron chi connectivity index (χ0n) is 8.40. The number of nitrogens with two attached hydrogens (primary N) is 1. The van der Waals surface area contributed by atoms with Crippen molar-refractivity contribution in [2.45, 2.75) is 0 Å². The van der Waals surface area contributed by atoms with Crippen LogP contribution in [0, 0.1) is 0 Å². The number of amides is 2. The molecule has 0 aliphatic carbocycles. The van der Waals surface area contributed by atoms with Crippen LogP contribution in [-0.2, 0) is 0 Å². The van der Waals surface area contributed by atoms with Crippen molar-refractivity contribution in [1.29, 1.82) is 0 Å². The summed E-state index contributed by atoms with van der Waals surface area (Å²) in [7, 11) is 1.50. The van der Waals surface area contributed by atoms with E-state index in [1.54, 1.807) is 12.1 Å². The standard InChI is InChI=1S/C9H10BrN3O3/c1-16-6-2-5(4-12-13-9(11)15)8(14)7(10)3-6/h2-4,14H,1H3,(H3,11,13,15)/b12-4-. The van der Waals surface area contributed by atoms with Crippen molar-refractivity contribution >= 4 is 28.2 Å². The number of halogens is 1. The van der Waals surface area contributed by atoms with E-state index in [-0.39, 0.29) is 5.75 Å². The Balaban J connectivity index is 2.98. The van der Waals surface area contributed by atoms with E-state index >= 15 is 0 Å². The fraction of sp³-hybridized carbons (Fsp3) is 0.111. The zero-order valence-corrected chi connectivity index (χ0v) is 9.98. The third kappa shape index (κ3) is 3.13. The molecule has 0 aliphatic heterocycles. The number of aromatic hydroxyl groups is 1. The van der Waals surface area contributed by atoms with Crippen molar-refractivity contribution in [1.82, 2.24) is 5.43 Å². The number of phenolic OH excluding ortho intramolecular Hbond substituents is 1. The number of ether oxygens (including phenoxy) is 1. The van der Waals surface area contributed by atoms with Crippen LogP contribution in [0.15, 0.2) is 21.7 Å². The first kappa shape index (κ1) is 12.3. The SMILES string of the molecule is COc1cc(Br)c(O)c(/C=N\NC(N)=O)c1. The molecule has 0 aliphatic rings. The fourth-order valence-electron chi connectivity index (χ4n) is 0.976. The van der Waals surface area contributed by atoms with Crippen LogP contribution in [0.25, 0.3) is 0 Å². The smallest absolute Gasteiger partial charge is 0.332 e. The number of carbonyl (C=O) groups is 1. The summed E-state index contributed by atoms with van der Waals surface area (Å²) >= 11 is 3.15. The quantitative estimate of drug-likeness (QED) is 0.575. The number of methoxy groups -OCH3 is 1. The summed E-state index contributed by atoms with van der Waals surface area (Å²) < 4.78 is 5.47. The van der Waals surface area contributed by atoms with E-state index in [0.29, 0.717) is 15.8 Å². The Morgan fingerprint density at radius 1 is 1.69 bits per heavy atom. The summed E-state index contributed by atoms with van der Waals surface area (Å²) in [6.07, 6.45) is 1.26. The Morgan fingerprint density at radius 2 is 2.38 bits per heavy atom. The van der Waals surface area contributed by atoms with Gasteiger partial charge in [0.05, 0.1) is 17.8 Å². The molecular formula is C9H10BrN3O3. The predicted molar refractivity (Wildman–Crippen MR) is 62.7 cm³/mol. The van der Waals surface area contributed by atoms with Gasteiger partial charge >= 0.3 is 6.03 Å². The maximum atomic E-state index is 10.4. The fourth-order valence-corrected chi connectivity index (χ4v) is 1.43. The van der Waals surface area contributed by atoms with Crippen molar-refractivity contribution in [3.05, 3.63) is 22.2 Å². The maximum Gasteiger partial charge on any atom is 0.332 e. The Kier molecular flexibility index (Phi) is 4.12. The minimum Gasteiger partial charge on any atom is -0.506 e. The number of hydrogen-bond acceptors (Lipinski definition) is 4. The lowest BCUT2D eigenvalue weighted by atomic mass is 10.2. The van der Waals surface area contributed by atoms with Gasteiger partial charge in [0.2, 0.25) is 0 Å². The number of carbonyl (C=O) groups excluding carboxylic acids is 1. The lowest BCUT2D eigenvalue weighted by molar-refractivity contribution is 0.249. The number of hydrazone groups is 1. The van der Waals surface area contributed by atoms with Gasteiger partial charge in [-0.25, -0.2) is 10.2 Å². The van der Waals surface area contributed by atoms with Crippen molar-refractivity contribution in [3.8, 4) is 11.5 Å². The van der Waals surface area contributed by atoms with E-state index in [2.05, 4.69) is 21.0 Å². The molecule has 0 saturated carbocycles. The van der Waals surface area contributed by atoms with Crippen LogP contribution < -0.4 is 15.9 Å². The number of hydrogen-bond donors (Lipinski definition) is 3. The average molecular weight is 288 g/mol. The van der Waals surface area contributed by atoms with Crippen molar-refractivity contribution in [2.24, 2.45) is 10.8 Å². The van der Waals surface area contributed by atoms with Crippen LogP contribution in [0.3, 0.4) is 0 Å². The molecule has 0 radical (unpaired) electrons. The normalized spacial score (nSPS) is 10.4. The molecule has 6 nitrogen and oxygen atoms in total. The highest BCUT2D eigenvalue weighted by Crippen LogP contribution is 2.31. The molecule has 16 heavy (non-hydrogen) atoms. The lowest BCUT2D eigenvalue weighted by Gasteiger charge is -2.05. The Hall–Kier alpha value is -1.76. The summed E-state index contributed by atoms with van der Waals surface area (Å²) in [4.78, 5) is 10.4. The van der Waals surface area contributed by atoms with Crippen LogP contribution in [0.1, 0.15) is 5.56 Å². The molecule has 1 aromatic carbocycles. The van der Waals surface area contributed by atoms with Gasteiger partial charge in [-0.15, -0.1) is 0 Å².